The summed E-state index contributed by atoms with van der Waals surface area (Å²) in [6.07, 6.45) is 2.88. The Bertz CT molecular complexity index is 880. The molecule has 3 aromatic rings. The number of nitrogens with zero attached hydrogens (tertiary/aromatic N) is 3. The molecule has 0 saturated carbocycles. The number of aryl methyl sites for hydroxylation is 2. The predicted molar refractivity (Wildman–Crippen MR) is 98.1 cm³/mol. The molecule has 0 unspecified atom stereocenters. The van der Waals surface area contributed by atoms with Gasteiger partial charge in [-0.25, -0.2) is 4.98 Å². The highest BCUT2D eigenvalue weighted by atomic mass is 79.9. The Hall–Kier alpha value is -2.74. The fourth-order valence-electron chi connectivity index (χ4n) is 2.24. The lowest BCUT2D eigenvalue weighted by Crippen LogP contribution is -2.25. The zero-order valence-corrected chi connectivity index (χ0v) is 15.7. The van der Waals surface area contributed by atoms with Gasteiger partial charge in [0, 0.05) is 23.6 Å². The Morgan fingerprint density at radius 3 is 2.81 bits per heavy atom. The molecule has 0 fully saturated rings. The molecule has 0 spiro atoms. The predicted octanol–water partition coefficient (Wildman–Crippen LogP) is 3.69. The monoisotopic (exact) mass is 416 g/mol. The van der Waals surface area contributed by atoms with Gasteiger partial charge in [-0.3, -0.25) is 4.79 Å². The average molecular weight is 417 g/mol. The van der Waals surface area contributed by atoms with Gasteiger partial charge in [-0.05, 0) is 49.7 Å². The van der Waals surface area contributed by atoms with Crippen molar-refractivity contribution in [2.24, 2.45) is 0 Å². The van der Waals surface area contributed by atoms with Crippen LogP contribution in [0.25, 0.3) is 0 Å². The summed E-state index contributed by atoms with van der Waals surface area (Å²) in [5.41, 5.74) is 0.379. The third-order valence-corrected chi connectivity index (χ3v) is 4.00. The molecule has 1 amide bonds. The van der Waals surface area contributed by atoms with Crippen LogP contribution in [0.5, 0.6) is 11.6 Å². The van der Waals surface area contributed by atoms with Crippen LogP contribution >= 0.6 is 15.9 Å². The topological polar surface area (TPSA) is 90.1 Å². The summed E-state index contributed by atoms with van der Waals surface area (Å²) in [5.74, 6) is 1.80. The normalized spacial score (nSPS) is 10.5. The van der Waals surface area contributed by atoms with Gasteiger partial charge in [-0.1, -0.05) is 21.1 Å². The molecule has 0 aliphatic rings. The number of pyridine rings is 1. The molecule has 7 nitrogen and oxygen atoms in total. The van der Waals surface area contributed by atoms with Crippen LogP contribution in [0.1, 0.15) is 28.5 Å². The lowest BCUT2D eigenvalue weighted by molar-refractivity contribution is 0.0950. The van der Waals surface area contributed by atoms with Crippen LogP contribution in [-0.4, -0.2) is 27.6 Å². The molecule has 0 bridgehead atoms. The molecule has 0 saturated heterocycles. The van der Waals surface area contributed by atoms with Crippen LogP contribution in [0.4, 0.5) is 0 Å². The first-order valence-corrected chi connectivity index (χ1v) is 8.87. The number of benzene rings is 1. The largest absolute Gasteiger partial charge is 0.438 e. The van der Waals surface area contributed by atoms with Crippen molar-refractivity contribution in [2.45, 2.75) is 19.8 Å². The fourth-order valence-corrected chi connectivity index (χ4v) is 2.50. The number of nitrogens with one attached hydrogen (secondary N) is 1. The highest BCUT2D eigenvalue weighted by Gasteiger charge is 2.14. The van der Waals surface area contributed by atoms with Crippen molar-refractivity contribution >= 4 is 21.8 Å². The lowest BCUT2D eigenvalue weighted by Gasteiger charge is -2.10. The molecule has 2 aromatic heterocycles. The van der Waals surface area contributed by atoms with Crippen LogP contribution in [0.15, 0.2) is 51.6 Å². The molecule has 26 heavy (non-hydrogen) atoms. The summed E-state index contributed by atoms with van der Waals surface area (Å²) < 4.78 is 11.7. The second-order valence-corrected chi connectivity index (χ2v) is 6.42. The average Bonchev–Trinajstić information content (AvgIpc) is 3.06. The van der Waals surface area contributed by atoms with E-state index in [0.29, 0.717) is 42.4 Å². The Balaban J connectivity index is 1.57. The highest BCUT2D eigenvalue weighted by Crippen LogP contribution is 2.24. The lowest BCUT2D eigenvalue weighted by atomic mass is 10.2. The van der Waals surface area contributed by atoms with Crippen molar-refractivity contribution in [1.29, 1.82) is 0 Å². The van der Waals surface area contributed by atoms with Gasteiger partial charge in [-0.2, -0.15) is 4.98 Å². The number of aromatic nitrogens is 3. The third-order valence-electron chi connectivity index (χ3n) is 3.47. The first kappa shape index (κ1) is 18.1. The fraction of sp³-hybridized carbons (Fsp3) is 0.222. The molecule has 0 aliphatic carbocycles. The Kier molecular flexibility index (Phi) is 5.96. The SMILES string of the molecule is Cc1noc(CCCNC(=O)c2cccnc2Oc2ccc(Br)cc2)n1. The number of rotatable bonds is 7. The maximum Gasteiger partial charge on any atom is 0.256 e. The van der Waals surface area contributed by atoms with Crippen molar-refractivity contribution in [3.63, 3.8) is 0 Å². The van der Waals surface area contributed by atoms with Gasteiger partial charge in [0.15, 0.2) is 5.82 Å². The zero-order valence-electron chi connectivity index (χ0n) is 14.1. The smallest absolute Gasteiger partial charge is 0.256 e. The van der Waals surface area contributed by atoms with E-state index in [1.54, 1.807) is 37.4 Å². The van der Waals surface area contributed by atoms with E-state index >= 15 is 0 Å². The van der Waals surface area contributed by atoms with E-state index in [-0.39, 0.29) is 11.8 Å². The van der Waals surface area contributed by atoms with E-state index in [0.717, 1.165) is 4.47 Å². The van der Waals surface area contributed by atoms with Gasteiger partial charge in [0.05, 0.1) is 0 Å². The van der Waals surface area contributed by atoms with Gasteiger partial charge in [0.25, 0.3) is 5.91 Å². The number of carbonyl (C=O) groups is 1. The molecule has 0 aliphatic heterocycles. The number of amides is 1. The molecule has 134 valence electrons. The van der Waals surface area contributed by atoms with Gasteiger partial charge in [0.1, 0.15) is 11.3 Å². The highest BCUT2D eigenvalue weighted by molar-refractivity contribution is 9.10. The van der Waals surface area contributed by atoms with Crippen LogP contribution in [-0.2, 0) is 6.42 Å². The molecule has 0 radical (unpaired) electrons. The van der Waals surface area contributed by atoms with E-state index in [4.69, 9.17) is 9.26 Å². The van der Waals surface area contributed by atoms with E-state index in [1.165, 1.54) is 0 Å². The summed E-state index contributed by atoms with van der Waals surface area (Å²) in [7, 11) is 0. The van der Waals surface area contributed by atoms with E-state index in [9.17, 15) is 4.79 Å². The molecular formula is C18H17BrN4O3. The molecule has 1 aromatic carbocycles. The maximum absolute atomic E-state index is 12.4. The second kappa shape index (κ2) is 8.57. The number of carbonyl (C=O) groups excluding carboxylic acids is 1. The van der Waals surface area contributed by atoms with Crippen molar-refractivity contribution < 1.29 is 14.1 Å². The van der Waals surface area contributed by atoms with Gasteiger partial charge >= 0.3 is 0 Å². The minimum atomic E-state index is -0.244. The molecule has 8 heteroatoms. The number of hydrogen-bond acceptors (Lipinski definition) is 6. The van der Waals surface area contributed by atoms with Gasteiger partial charge in [0.2, 0.25) is 11.8 Å². The first-order chi connectivity index (χ1) is 12.6. The Labute approximate surface area is 158 Å². The minimum absolute atomic E-state index is 0.244. The Morgan fingerprint density at radius 1 is 1.27 bits per heavy atom. The molecule has 0 atom stereocenters. The standard InChI is InChI=1S/C18H17BrN4O3/c1-12-22-16(26-23-12)5-3-10-20-17(24)15-4-2-11-21-18(15)25-14-8-6-13(19)7-9-14/h2,4,6-9,11H,3,5,10H2,1H3,(H,20,24). The number of hydrogen-bond donors (Lipinski definition) is 1. The van der Waals surface area contributed by atoms with Crippen LogP contribution in [0.2, 0.25) is 0 Å². The van der Waals surface area contributed by atoms with Gasteiger partial charge in [-0.15, -0.1) is 0 Å². The minimum Gasteiger partial charge on any atom is -0.438 e. The van der Waals surface area contributed by atoms with E-state index < -0.39 is 0 Å². The number of halogens is 1. The van der Waals surface area contributed by atoms with E-state index in [2.05, 4.69) is 36.4 Å². The molecule has 2 heterocycles. The molecule has 1 N–H and O–H groups in total. The first-order valence-electron chi connectivity index (χ1n) is 8.07. The van der Waals surface area contributed by atoms with Crippen molar-refractivity contribution in [3.8, 4) is 11.6 Å². The summed E-state index contributed by atoms with van der Waals surface area (Å²) in [5, 5.41) is 6.59. The number of ether oxygens (including phenoxy) is 1. The Morgan fingerprint density at radius 2 is 2.08 bits per heavy atom. The third kappa shape index (κ3) is 4.89. The summed E-state index contributed by atoms with van der Waals surface area (Å²) in [6.45, 7) is 2.25. The summed E-state index contributed by atoms with van der Waals surface area (Å²) >= 11 is 3.37. The second-order valence-electron chi connectivity index (χ2n) is 5.51. The van der Waals surface area contributed by atoms with Crippen LogP contribution in [0.3, 0.4) is 0 Å². The quantitative estimate of drug-likeness (QED) is 0.590. The van der Waals surface area contributed by atoms with E-state index in [1.807, 2.05) is 12.1 Å². The summed E-state index contributed by atoms with van der Waals surface area (Å²) in [4.78, 5) is 20.7. The van der Waals surface area contributed by atoms with Gasteiger partial charge < -0.3 is 14.6 Å². The molecular weight excluding hydrogens is 400 g/mol. The zero-order chi connectivity index (χ0) is 18.4. The summed E-state index contributed by atoms with van der Waals surface area (Å²) in [6, 6.07) is 10.7. The van der Waals surface area contributed by atoms with Crippen LogP contribution in [0, 0.1) is 6.92 Å². The maximum atomic E-state index is 12.4. The van der Waals surface area contributed by atoms with Crippen molar-refractivity contribution in [3.05, 3.63) is 64.3 Å². The van der Waals surface area contributed by atoms with Crippen molar-refractivity contribution in [2.75, 3.05) is 6.54 Å². The van der Waals surface area contributed by atoms with Crippen LogP contribution < -0.4 is 10.1 Å². The van der Waals surface area contributed by atoms with Crippen molar-refractivity contribution in [1.82, 2.24) is 20.4 Å². The molecule has 3 rings (SSSR count).